The summed E-state index contributed by atoms with van der Waals surface area (Å²) in [6.07, 6.45) is 3.31. The van der Waals surface area contributed by atoms with Crippen molar-refractivity contribution in [3.8, 4) is 5.88 Å². The summed E-state index contributed by atoms with van der Waals surface area (Å²) in [6, 6.07) is 10.9. The Bertz CT molecular complexity index is 947. The third kappa shape index (κ3) is 4.21. The molecule has 3 aromatic rings. The molecule has 7 heteroatoms. The zero-order valence-corrected chi connectivity index (χ0v) is 16.6. The monoisotopic (exact) mass is 400 g/mol. The Hall–Kier alpha value is -2.63. The zero-order chi connectivity index (χ0) is 19.4. The molecule has 3 rings (SSSR count). The van der Waals surface area contributed by atoms with Crippen LogP contribution >= 0.6 is 23.2 Å². The van der Waals surface area contributed by atoms with Crippen molar-refractivity contribution in [2.24, 2.45) is 4.99 Å². The third-order valence-corrected chi connectivity index (χ3v) is 5.20. The Morgan fingerprint density at radius 2 is 1.52 bits per heavy atom. The predicted molar refractivity (Wildman–Crippen MR) is 109 cm³/mol. The summed E-state index contributed by atoms with van der Waals surface area (Å²) >= 11 is 13.0. The van der Waals surface area contributed by atoms with Crippen LogP contribution in [-0.2, 0) is 0 Å². The number of nitrogens with zero attached hydrogens (tertiary/aromatic N) is 3. The highest BCUT2D eigenvalue weighted by Crippen LogP contribution is 2.34. The number of hydrogen-bond donors (Lipinski definition) is 1. The molecule has 0 unspecified atom stereocenters. The van der Waals surface area contributed by atoms with Crippen LogP contribution in [0.15, 0.2) is 53.8 Å². The number of pyridine rings is 2. The first-order chi connectivity index (χ1) is 13.0. The Kier molecular flexibility index (Phi) is 5.94. The van der Waals surface area contributed by atoms with E-state index in [0.717, 1.165) is 22.3 Å². The Labute approximate surface area is 168 Å². The van der Waals surface area contributed by atoms with E-state index < -0.39 is 0 Å². The van der Waals surface area contributed by atoms with Gasteiger partial charge in [-0.25, -0.2) is 20.4 Å². The standard InChI is InChI=1S/C20H18Cl2N4O/c1-12-17(13(2)19(22)14(3)18(12)21)20(25-15-8-4-6-10-23-15)26-27-16-9-5-7-11-24-16/h4-11H,1-3H3,(H,23,25,26). The fourth-order valence-corrected chi connectivity index (χ4v) is 3.11. The van der Waals surface area contributed by atoms with Crippen molar-refractivity contribution in [3.63, 3.8) is 0 Å². The fraction of sp³-hybridized carbons (Fsp3) is 0.150. The van der Waals surface area contributed by atoms with Crippen LogP contribution < -0.4 is 10.3 Å². The molecule has 2 aromatic heterocycles. The largest absolute Gasteiger partial charge is 0.360 e. The van der Waals surface area contributed by atoms with E-state index in [9.17, 15) is 0 Å². The number of nitrogens with one attached hydrogen (secondary N) is 1. The highest BCUT2D eigenvalue weighted by atomic mass is 35.5. The third-order valence-electron chi connectivity index (χ3n) is 4.07. The molecule has 0 amide bonds. The molecular formula is C20H18Cl2N4O. The van der Waals surface area contributed by atoms with Crippen molar-refractivity contribution in [2.75, 3.05) is 0 Å². The van der Waals surface area contributed by atoms with Crippen molar-refractivity contribution < 1.29 is 4.84 Å². The SMILES string of the molecule is Cc1c(Cl)c(C)c(/C(=N/c2ccccn2)NOc2ccccn2)c(C)c1Cl. The van der Waals surface area contributed by atoms with E-state index in [1.165, 1.54) is 0 Å². The molecule has 0 atom stereocenters. The van der Waals surface area contributed by atoms with Crippen molar-refractivity contribution >= 4 is 34.9 Å². The maximum Gasteiger partial charge on any atom is 0.245 e. The van der Waals surface area contributed by atoms with Gasteiger partial charge in [-0.15, -0.1) is 0 Å². The molecule has 0 bridgehead atoms. The lowest BCUT2D eigenvalue weighted by Crippen LogP contribution is -2.30. The molecule has 0 aliphatic carbocycles. The summed E-state index contributed by atoms with van der Waals surface area (Å²) in [4.78, 5) is 18.6. The van der Waals surface area contributed by atoms with Crippen LogP contribution in [0.3, 0.4) is 0 Å². The molecule has 0 saturated carbocycles. The molecule has 0 radical (unpaired) electrons. The maximum absolute atomic E-state index is 6.49. The van der Waals surface area contributed by atoms with Gasteiger partial charge in [0.25, 0.3) is 0 Å². The molecule has 0 spiro atoms. The van der Waals surface area contributed by atoms with Crippen molar-refractivity contribution in [1.82, 2.24) is 15.4 Å². The summed E-state index contributed by atoms with van der Waals surface area (Å²) in [5.74, 6) is 1.38. The predicted octanol–water partition coefficient (Wildman–Crippen LogP) is 5.37. The average molecular weight is 401 g/mol. The number of aliphatic imine (C=N–C) groups is 1. The second-order valence-electron chi connectivity index (χ2n) is 5.90. The Morgan fingerprint density at radius 1 is 0.889 bits per heavy atom. The average Bonchev–Trinajstić information content (AvgIpc) is 2.70. The van der Waals surface area contributed by atoms with Crippen LogP contribution in [0.5, 0.6) is 5.88 Å². The Morgan fingerprint density at radius 3 is 2.07 bits per heavy atom. The topological polar surface area (TPSA) is 59.4 Å². The van der Waals surface area contributed by atoms with Gasteiger partial charge in [-0.3, -0.25) is 0 Å². The van der Waals surface area contributed by atoms with Crippen LogP contribution in [0.1, 0.15) is 22.3 Å². The molecule has 2 heterocycles. The number of amidine groups is 1. The quantitative estimate of drug-likeness (QED) is 0.363. The lowest BCUT2D eigenvalue weighted by Gasteiger charge is -2.18. The molecule has 0 fully saturated rings. The van der Waals surface area contributed by atoms with Gasteiger partial charge in [-0.2, -0.15) is 0 Å². The van der Waals surface area contributed by atoms with E-state index in [-0.39, 0.29) is 0 Å². The van der Waals surface area contributed by atoms with E-state index in [0.29, 0.717) is 27.6 Å². The number of hydrogen-bond acceptors (Lipinski definition) is 4. The lowest BCUT2D eigenvalue weighted by molar-refractivity contribution is 0.251. The fourth-order valence-electron chi connectivity index (χ4n) is 2.69. The van der Waals surface area contributed by atoms with E-state index in [1.54, 1.807) is 24.5 Å². The lowest BCUT2D eigenvalue weighted by atomic mass is 9.98. The molecule has 0 saturated heterocycles. The van der Waals surface area contributed by atoms with Crippen LogP contribution in [0.25, 0.3) is 0 Å². The molecular weight excluding hydrogens is 383 g/mol. The van der Waals surface area contributed by atoms with Crippen LogP contribution in [0.2, 0.25) is 10.0 Å². The van der Waals surface area contributed by atoms with E-state index in [4.69, 9.17) is 28.0 Å². The molecule has 1 N–H and O–H groups in total. The molecule has 27 heavy (non-hydrogen) atoms. The second-order valence-corrected chi connectivity index (χ2v) is 6.65. The molecule has 0 aliphatic rings. The van der Waals surface area contributed by atoms with Gasteiger partial charge < -0.3 is 4.84 Å². The number of benzene rings is 1. The van der Waals surface area contributed by atoms with E-state index in [1.807, 2.05) is 45.0 Å². The first-order valence-corrected chi connectivity index (χ1v) is 9.03. The van der Waals surface area contributed by atoms with Gasteiger partial charge in [-0.05, 0) is 55.7 Å². The van der Waals surface area contributed by atoms with E-state index >= 15 is 0 Å². The van der Waals surface area contributed by atoms with Gasteiger partial charge in [0.15, 0.2) is 11.7 Å². The van der Waals surface area contributed by atoms with Gasteiger partial charge in [0.2, 0.25) is 5.88 Å². The smallest absolute Gasteiger partial charge is 0.245 e. The molecule has 1 aromatic carbocycles. The van der Waals surface area contributed by atoms with E-state index in [2.05, 4.69) is 20.4 Å². The number of rotatable bonds is 4. The van der Waals surface area contributed by atoms with Crippen molar-refractivity contribution in [1.29, 1.82) is 0 Å². The molecule has 138 valence electrons. The minimum atomic E-state index is 0.408. The number of aromatic nitrogens is 2. The van der Waals surface area contributed by atoms with Crippen molar-refractivity contribution in [2.45, 2.75) is 20.8 Å². The summed E-state index contributed by atoms with van der Waals surface area (Å²) < 4.78 is 0. The van der Waals surface area contributed by atoms with Crippen LogP contribution in [0, 0.1) is 20.8 Å². The van der Waals surface area contributed by atoms with Gasteiger partial charge in [0.05, 0.1) is 0 Å². The second kappa shape index (κ2) is 8.37. The first kappa shape index (κ1) is 19.1. The molecule has 0 aliphatic heterocycles. The van der Waals surface area contributed by atoms with Gasteiger partial charge in [0, 0.05) is 34.1 Å². The summed E-state index contributed by atoms with van der Waals surface area (Å²) in [6.45, 7) is 5.73. The minimum Gasteiger partial charge on any atom is -0.360 e. The first-order valence-electron chi connectivity index (χ1n) is 8.27. The van der Waals surface area contributed by atoms with Crippen molar-refractivity contribution in [3.05, 3.63) is 81.1 Å². The Balaban J connectivity index is 2.09. The van der Waals surface area contributed by atoms with Gasteiger partial charge in [-0.1, -0.05) is 35.3 Å². The number of halogens is 2. The van der Waals surface area contributed by atoms with Crippen LogP contribution in [-0.4, -0.2) is 15.8 Å². The molecule has 5 nitrogen and oxygen atoms in total. The minimum absolute atomic E-state index is 0.408. The summed E-state index contributed by atoms with van der Waals surface area (Å²) in [7, 11) is 0. The normalized spacial score (nSPS) is 11.4. The van der Waals surface area contributed by atoms with Gasteiger partial charge in [0.1, 0.15) is 0 Å². The highest BCUT2D eigenvalue weighted by molar-refractivity contribution is 6.37. The zero-order valence-electron chi connectivity index (χ0n) is 15.1. The number of hydroxylamine groups is 1. The highest BCUT2D eigenvalue weighted by Gasteiger charge is 2.20. The summed E-state index contributed by atoms with van der Waals surface area (Å²) in [5, 5.41) is 1.18. The maximum atomic E-state index is 6.49. The van der Waals surface area contributed by atoms with Gasteiger partial charge >= 0.3 is 0 Å². The van der Waals surface area contributed by atoms with Crippen LogP contribution in [0.4, 0.5) is 5.82 Å². The summed E-state index contributed by atoms with van der Waals surface area (Å²) in [5.41, 5.74) is 6.18.